The van der Waals surface area contributed by atoms with Gasteiger partial charge in [-0.15, -0.1) is 0 Å². The van der Waals surface area contributed by atoms with Crippen LogP contribution in [0.5, 0.6) is 0 Å². The second-order valence-corrected chi connectivity index (χ2v) is 14.0. The molecule has 57 heavy (non-hydrogen) atoms. The van der Waals surface area contributed by atoms with Crippen LogP contribution < -0.4 is 5.32 Å². The molecule has 0 amide bonds. The lowest BCUT2D eigenvalue weighted by Gasteiger charge is -2.25. The summed E-state index contributed by atoms with van der Waals surface area (Å²) in [4.78, 5) is 4.64. The Labute approximate surface area is 341 Å². The minimum Gasteiger partial charge on any atom is -0.456 e. The van der Waals surface area contributed by atoms with E-state index >= 15 is 0 Å². The smallest absolute Gasteiger partial charge is 0.137 e. The molecule has 12 rings (SSSR count). The molecule has 3 aromatic heterocycles. The van der Waals surface area contributed by atoms with Gasteiger partial charge in [0.15, 0.2) is 0 Å². The van der Waals surface area contributed by atoms with Gasteiger partial charge in [0.25, 0.3) is 0 Å². The number of hydrogen-bond donors (Lipinski definition) is 1. The molecule has 1 aliphatic rings. The zero-order valence-electron chi connectivity index (χ0n) is 39.9. The van der Waals surface area contributed by atoms with Gasteiger partial charge in [-0.25, -0.2) is 4.99 Å². The number of amidine groups is 1. The van der Waals surface area contributed by atoms with Crippen molar-refractivity contribution in [1.29, 1.82) is 0 Å². The summed E-state index contributed by atoms with van der Waals surface area (Å²) < 4.78 is 101. The van der Waals surface area contributed by atoms with Crippen molar-refractivity contribution in [2.45, 2.75) is 6.04 Å². The van der Waals surface area contributed by atoms with Crippen molar-refractivity contribution >= 4 is 77.2 Å². The van der Waals surface area contributed by atoms with E-state index in [4.69, 9.17) is 22.5 Å². The summed E-state index contributed by atoms with van der Waals surface area (Å²) in [6, 6.07) is 34.2. The Bertz CT molecular complexity index is 3940. The molecule has 0 aliphatic carbocycles. The highest BCUT2D eigenvalue weighted by molar-refractivity contribution is 6.15. The molecular weight excluding hydrogens is 699 g/mol. The minimum atomic E-state index is -0.865. The average molecular weight is 742 g/mol. The van der Waals surface area contributed by atoms with Gasteiger partial charge in [-0.1, -0.05) is 127 Å². The molecule has 8 aromatic carbocycles. The van der Waals surface area contributed by atoms with Crippen molar-refractivity contribution in [3.8, 4) is 16.8 Å². The summed E-state index contributed by atoms with van der Waals surface area (Å²) >= 11 is 0. The summed E-state index contributed by atoms with van der Waals surface area (Å²) in [5, 5.41) is 8.98. The number of hydrogen-bond acceptors (Lipinski definition) is 4. The topological polar surface area (TPSA) is 55.6 Å². The van der Waals surface area contributed by atoms with Crippen molar-refractivity contribution in [3.63, 3.8) is 0 Å². The highest BCUT2D eigenvalue weighted by atomic mass is 16.3. The van der Waals surface area contributed by atoms with Gasteiger partial charge in [0.2, 0.25) is 0 Å². The number of nitrogens with one attached hydrogen (secondary N) is 1. The first-order valence-corrected chi connectivity index (χ1v) is 18.5. The van der Waals surface area contributed by atoms with E-state index in [1.807, 2.05) is 54.6 Å². The van der Waals surface area contributed by atoms with E-state index in [1.165, 1.54) is 10.8 Å². The van der Waals surface area contributed by atoms with Crippen LogP contribution in [-0.4, -0.2) is 10.4 Å². The molecule has 1 unspecified atom stereocenters. The number of aliphatic imine (C=N–C) groups is 1. The summed E-state index contributed by atoms with van der Waals surface area (Å²) in [6.45, 7) is 0. The first-order valence-electron chi connectivity index (χ1n) is 23.5. The number of fused-ring (bicyclic) bond motifs is 9. The summed E-state index contributed by atoms with van der Waals surface area (Å²) in [6.07, 6.45) is 1.62. The average Bonchev–Trinajstić information content (AvgIpc) is 4.03. The number of furan rings is 2. The predicted molar refractivity (Wildman–Crippen MR) is 234 cm³/mol. The van der Waals surface area contributed by atoms with Crippen molar-refractivity contribution in [3.05, 3.63) is 205 Å². The highest BCUT2D eigenvalue weighted by Crippen LogP contribution is 2.42. The number of rotatable bonds is 5. The molecule has 1 aliphatic heterocycles. The van der Waals surface area contributed by atoms with Crippen LogP contribution in [0.3, 0.4) is 0 Å². The fraction of sp³-hybridized carbons (Fsp3) is 0.0192. The van der Waals surface area contributed by atoms with Crippen molar-refractivity contribution < 1.29 is 22.5 Å². The van der Waals surface area contributed by atoms with E-state index in [9.17, 15) is 0 Å². The molecular formula is C52H33N3O2. The molecule has 0 radical (unpaired) electrons. The molecule has 1 N–H and O–H groups in total. The van der Waals surface area contributed by atoms with Gasteiger partial charge in [0.1, 0.15) is 28.2 Å². The van der Waals surface area contributed by atoms with E-state index in [0.717, 1.165) is 55.2 Å². The van der Waals surface area contributed by atoms with Crippen LogP contribution in [0.1, 0.15) is 36.4 Å². The number of benzene rings is 8. The molecule has 0 saturated heterocycles. The number of aromatic nitrogens is 1. The second kappa shape index (κ2) is 12.4. The van der Waals surface area contributed by atoms with E-state index in [1.54, 1.807) is 6.08 Å². The van der Waals surface area contributed by atoms with Crippen LogP contribution in [0.25, 0.3) is 88.2 Å². The number of para-hydroxylation sites is 2. The van der Waals surface area contributed by atoms with Crippen LogP contribution in [0, 0.1) is 0 Å². The molecule has 1 atom stereocenters. The van der Waals surface area contributed by atoms with Crippen LogP contribution in [0.2, 0.25) is 0 Å². The van der Waals surface area contributed by atoms with Gasteiger partial charge in [-0.3, -0.25) is 0 Å². The maximum atomic E-state index is 8.83. The summed E-state index contributed by atoms with van der Waals surface area (Å²) in [7, 11) is 0. The monoisotopic (exact) mass is 741 g/mol. The van der Waals surface area contributed by atoms with E-state index in [-0.39, 0.29) is 22.7 Å². The lowest BCUT2D eigenvalue weighted by molar-refractivity contribution is 0.668. The Morgan fingerprint density at radius 2 is 1.21 bits per heavy atom. The normalized spacial score (nSPS) is 16.9. The second-order valence-electron chi connectivity index (χ2n) is 14.0. The van der Waals surface area contributed by atoms with Gasteiger partial charge in [-0.2, -0.15) is 0 Å². The third-order valence-electron chi connectivity index (χ3n) is 10.8. The van der Waals surface area contributed by atoms with E-state index < -0.39 is 66.5 Å². The van der Waals surface area contributed by atoms with Gasteiger partial charge in [0.05, 0.1) is 36.5 Å². The Hall–Kier alpha value is -7.63. The summed E-state index contributed by atoms with van der Waals surface area (Å²) in [5.74, 6) is -0.128. The molecule has 268 valence electrons. The predicted octanol–water partition coefficient (Wildman–Crippen LogP) is 13.4. The maximum absolute atomic E-state index is 8.83. The minimum absolute atomic E-state index is 0.0344. The van der Waals surface area contributed by atoms with Gasteiger partial charge in [0, 0.05) is 49.6 Å². The maximum Gasteiger partial charge on any atom is 0.137 e. The van der Waals surface area contributed by atoms with Crippen molar-refractivity contribution in [2.75, 3.05) is 0 Å². The standard InChI is InChI=1S/C52H33N3O2/c1-3-13-32(14-4-1)42-31-43(54-52(53-42)33-15-5-2-6-16-33)39-20-12-24-48-51(39)41-29-34(25-28-46(41)56-48)36-19-11-23-47-50(36)40-27-26-35(30-49(40)57-47)55-44-21-9-7-17-37(44)38-18-8-10-22-45(38)55/h1-31,43H,(H,53,54)/i1D,2D,3D,4D,5D,6D,13D,14D,15D,16D. The lowest BCUT2D eigenvalue weighted by atomic mass is 9.94. The Morgan fingerprint density at radius 1 is 0.526 bits per heavy atom. The first kappa shape index (κ1) is 23.3. The van der Waals surface area contributed by atoms with Crippen LogP contribution in [0.15, 0.2) is 202 Å². The third-order valence-corrected chi connectivity index (χ3v) is 10.8. The zero-order chi connectivity index (χ0) is 46.2. The number of nitrogens with zero attached hydrogens (tertiary/aromatic N) is 2. The Morgan fingerprint density at radius 3 is 1.98 bits per heavy atom. The van der Waals surface area contributed by atoms with Crippen molar-refractivity contribution in [1.82, 2.24) is 9.88 Å². The third kappa shape index (κ3) is 4.99. The van der Waals surface area contributed by atoms with Crippen molar-refractivity contribution in [2.24, 2.45) is 4.99 Å². The SMILES string of the molecule is [2H]c1c([2H])c([2H])c(C2=CC(c3cccc4oc5ccc(-c6cccc7oc8cc(-n9c%10ccccc%10c%10ccccc%109)ccc8c67)cc5c34)NC(c3c([2H])c([2H])c([2H])c([2H])c3[2H])=N2)c([2H])c1[2H]. The van der Waals surface area contributed by atoms with Gasteiger partial charge >= 0.3 is 0 Å². The lowest BCUT2D eigenvalue weighted by Crippen LogP contribution is -2.31. The van der Waals surface area contributed by atoms with E-state index in [2.05, 4.69) is 81.6 Å². The highest BCUT2D eigenvalue weighted by Gasteiger charge is 2.24. The molecule has 0 bridgehead atoms. The molecule has 5 nitrogen and oxygen atoms in total. The fourth-order valence-electron chi connectivity index (χ4n) is 8.39. The van der Waals surface area contributed by atoms with Crippen LogP contribution >= 0.6 is 0 Å². The van der Waals surface area contributed by atoms with Crippen LogP contribution in [-0.2, 0) is 0 Å². The Kier molecular flexibility index (Phi) is 5.09. The van der Waals surface area contributed by atoms with Gasteiger partial charge in [-0.05, 0) is 76.9 Å². The van der Waals surface area contributed by atoms with E-state index in [0.29, 0.717) is 22.1 Å². The first-order chi connectivity index (χ1) is 32.4. The Balaban J connectivity index is 1.03. The largest absolute Gasteiger partial charge is 0.456 e. The van der Waals surface area contributed by atoms with Crippen LogP contribution in [0.4, 0.5) is 0 Å². The molecule has 0 spiro atoms. The molecule has 11 aromatic rings. The quantitative estimate of drug-likeness (QED) is 0.191. The molecule has 0 fully saturated rings. The zero-order valence-corrected chi connectivity index (χ0v) is 29.9. The molecule has 0 saturated carbocycles. The van der Waals surface area contributed by atoms with Gasteiger partial charge < -0.3 is 18.7 Å². The summed E-state index contributed by atoms with van der Waals surface area (Å²) in [5.41, 5.74) is 7.77. The molecule has 4 heterocycles. The fourth-order valence-corrected chi connectivity index (χ4v) is 8.39. The molecule has 5 heteroatoms.